The zero-order valence-corrected chi connectivity index (χ0v) is 8.03. The van der Waals surface area contributed by atoms with E-state index in [1.807, 2.05) is 0 Å². The Morgan fingerprint density at radius 1 is 1.69 bits per heavy atom. The Morgan fingerprint density at radius 3 is 3.00 bits per heavy atom. The van der Waals surface area contributed by atoms with Gasteiger partial charge in [0.15, 0.2) is 0 Å². The van der Waals surface area contributed by atoms with Crippen molar-refractivity contribution in [1.29, 1.82) is 0 Å². The molecule has 0 radical (unpaired) electrons. The maximum absolute atomic E-state index is 11.2. The molecule has 1 rings (SSSR count). The first kappa shape index (κ1) is 10.2. The van der Waals surface area contributed by atoms with Gasteiger partial charge < -0.3 is 4.74 Å². The third-order valence-electron chi connectivity index (χ3n) is 2.00. The first-order chi connectivity index (χ1) is 6.24. The lowest BCUT2D eigenvalue weighted by atomic mass is 10.2. The molecule has 0 bridgehead atoms. The summed E-state index contributed by atoms with van der Waals surface area (Å²) in [6.45, 7) is 0.795. The Kier molecular flexibility index (Phi) is 3.92. The van der Waals surface area contributed by atoms with Crippen molar-refractivity contribution in [1.82, 2.24) is 5.06 Å². The zero-order chi connectivity index (χ0) is 9.68. The molecule has 13 heavy (non-hydrogen) atoms. The van der Waals surface area contributed by atoms with Crippen LogP contribution in [0.3, 0.4) is 0 Å². The molecule has 0 aromatic carbocycles. The van der Waals surface area contributed by atoms with Crippen molar-refractivity contribution in [2.75, 3.05) is 20.8 Å². The van der Waals surface area contributed by atoms with E-state index in [9.17, 15) is 4.79 Å². The molecule has 0 unspecified atom stereocenters. The van der Waals surface area contributed by atoms with E-state index < -0.39 is 0 Å². The number of hydrogen-bond donors (Lipinski definition) is 0. The van der Waals surface area contributed by atoms with Gasteiger partial charge in [-0.05, 0) is 12.8 Å². The predicted octanol–water partition coefficient (Wildman–Crippen LogP) is 0.741. The Labute approximate surface area is 78.1 Å². The minimum atomic E-state index is -0.169. The average Bonchev–Trinajstić information content (AvgIpc) is 2.65. The highest BCUT2D eigenvalue weighted by Gasteiger charge is 2.12. The van der Waals surface area contributed by atoms with Crippen molar-refractivity contribution >= 4 is 5.91 Å². The normalized spacial score (nSPS) is 22.5. The van der Waals surface area contributed by atoms with Gasteiger partial charge in [-0.25, -0.2) is 5.06 Å². The lowest BCUT2D eigenvalue weighted by Crippen LogP contribution is -2.23. The first-order valence-corrected chi connectivity index (χ1v) is 4.35. The summed E-state index contributed by atoms with van der Waals surface area (Å²) < 4.78 is 5.32. The number of hydroxylamine groups is 2. The average molecular weight is 185 g/mol. The highest BCUT2D eigenvalue weighted by atomic mass is 16.7. The van der Waals surface area contributed by atoms with Gasteiger partial charge in [-0.1, -0.05) is 6.08 Å². The number of amides is 1. The fourth-order valence-electron chi connectivity index (χ4n) is 1.14. The van der Waals surface area contributed by atoms with Gasteiger partial charge in [0.25, 0.3) is 5.91 Å². The maximum atomic E-state index is 11.2. The summed E-state index contributed by atoms with van der Waals surface area (Å²) in [5, 5.41) is 1.17. The molecule has 1 fully saturated rings. The molecule has 0 N–H and O–H groups in total. The van der Waals surface area contributed by atoms with Crippen molar-refractivity contribution in [3.63, 3.8) is 0 Å². The summed E-state index contributed by atoms with van der Waals surface area (Å²) in [7, 11) is 3.03. The fourth-order valence-corrected chi connectivity index (χ4v) is 1.14. The van der Waals surface area contributed by atoms with Gasteiger partial charge in [-0.3, -0.25) is 9.63 Å². The van der Waals surface area contributed by atoms with Crippen molar-refractivity contribution in [3.8, 4) is 0 Å². The van der Waals surface area contributed by atoms with Gasteiger partial charge >= 0.3 is 0 Å². The number of likely N-dealkylation sites (N-methyl/N-ethyl adjacent to an activating group) is 1. The van der Waals surface area contributed by atoms with Crippen LogP contribution in [0.5, 0.6) is 0 Å². The van der Waals surface area contributed by atoms with Crippen LogP contribution >= 0.6 is 0 Å². The van der Waals surface area contributed by atoms with Gasteiger partial charge in [-0.2, -0.15) is 0 Å². The molecule has 1 saturated heterocycles. The second kappa shape index (κ2) is 4.99. The standard InChI is InChI=1S/C9H15NO3/c1-10(12-2)9(11)6-5-8-4-3-7-13-8/h5-6,8H,3-4,7H2,1-2H3/b6-5+/t8-/m1/s1. The number of carbonyl (C=O) groups excluding carboxylic acids is 1. The molecule has 1 heterocycles. The number of hydrogen-bond acceptors (Lipinski definition) is 3. The molecule has 0 spiro atoms. The van der Waals surface area contributed by atoms with Gasteiger partial charge in [0.1, 0.15) is 0 Å². The van der Waals surface area contributed by atoms with Crippen LogP contribution < -0.4 is 0 Å². The lowest BCUT2D eigenvalue weighted by Gasteiger charge is -2.10. The Morgan fingerprint density at radius 2 is 2.46 bits per heavy atom. The van der Waals surface area contributed by atoms with E-state index in [0.29, 0.717) is 0 Å². The van der Waals surface area contributed by atoms with E-state index in [1.54, 1.807) is 13.1 Å². The van der Waals surface area contributed by atoms with Crippen molar-refractivity contribution < 1.29 is 14.4 Å². The Bertz CT molecular complexity index is 197. The van der Waals surface area contributed by atoms with E-state index in [0.717, 1.165) is 19.4 Å². The van der Waals surface area contributed by atoms with E-state index >= 15 is 0 Å². The van der Waals surface area contributed by atoms with E-state index in [-0.39, 0.29) is 12.0 Å². The molecule has 0 saturated carbocycles. The molecule has 0 aliphatic carbocycles. The lowest BCUT2D eigenvalue weighted by molar-refractivity contribution is -0.162. The summed E-state index contributed by atoms with van der Waals surface area (Å²) in [6, 6.07) is 0. The van der Waals surface area contributed by atoms with Crippen LogP contribution in [0.1, 0.15) is 12.8 Å². The van der Waals surface area contributed by atoms with E-state index in [1.165, 1.54) is 18.2 Å². The quantitative estimate of drug-likeness (QED) is 0.481. The maximum Gasteiger partial charge on any atom is 0.269 e. The summed E-state index contributed by atoms with van der Waals surface area (Å²) in [5.74, 6) is -0.169. The third kappa shape index (κ3) is 3.16. The van der Waals surface area contributed by atoms with Crippen LogP contribution in [-0.2, 0) is 14.4 Å². The number of ether oxygens (including phenoxy) is 1. The number of rotatable bonds is 3. The summed E-state index contributed by atoms with van der Waals surface area (Å²) in [6.07, 6.45) is 5.45. The van der Waals surface area contributed by atoms with Crippen molar-refractivity contribution in [3.05, 3.63) is 12.2 Å². The summed E-state index contributed by atoms with van der Waals surface area (Å²) in [5.41, 5.74) is 0. The predicted molar refractivity (Wildman–Crippen MR) is 47.9 cm³/mol. The Balaban J connectivity index is 2.33. The second-order valence-electron chi connectivity index (χ2n) is 2.93. The summed E-state index contributed by atoms with van der Waals surface area (Å²) in [4.78, 5) is 15.9. The molecule has 1 atom stereocenters. The van der Waals surface area contributed by atoms with Gasteiger partial charge in [0.05, 0.1) is 13.2 Å². The van der Waals surface area contributed by atoms with E-state index in [4.69, 9.17) is 9.57 Å². The van der Waals surface area contributed by atoms with Crippen LogP contribution in [0, 0.1) is 0 Å². The van der Waals surface area contributed by atoms with Crippen LogP contribution in [0.2, 0.25) is 0 Å². The molecule has 0 aromatic heterocycles. The third-order valence-corrected chi connectivity index (χ3v) is 2.00. The molecule has 1 aliphatic heterocycles. The minimum absolute atomic E-state index is 0.106. The zero-order valence-electron chi connectivity index (χ0n) is 8.03. The van der Waals surface area contributed by atoms with Crippen LogP contribution in [-0.4, -0.2) is 37.8 Å². The number of carbonyl (C=O) groups is 1. The molecular formula is C9H15NO3. The van der Waals surface area contributed by atoms with Gasteiger partial charge in [-0.15, -0.1) is 0 Å². The monoisotopic (exact) mass is 185 g/mol. The molecule has 4 nitrogen and oxygen atoms in total. The van der Waals surface area contributed by atoms with Crippen LogP contribution in [0.25, 0.3) is 0 Å². The smallest absolute Gasteiger partial charge is 0.269 e. The highest BCUT2D eigenvalue weighted by molar-refractivity contribution is 5.86. The SMILES string of the molecule is CON(C)C(=O)/C=C/[C@H]1CCCO1. The molecule has 74 valence electrons. The first-order valence-electron chi connectivity index (χ1n) is 4.35. The van der Waals surface area contributed by atoms with Crippen LogP contribution in [0.4, 0.5) is 0 Å². The fraction of sp³-hybridized carbons (Fsp3) is 0.667. The molecule has 1 amide bonds. The minimum Gasteiger partial charge on any atom is -0.374 e. The molecule has 1 aliphatic rings. The van der Waals surface area contributed by atoms with E-state index in [2.05, 4.69) is 0 Å². The Hall–Kier alpha value is -0.870. The second-order valence-corrected chi connectivity index (χ2v) is 2.93. The van der Waals surface area contributed by atoms with Crippen LogP contribution in [0.15, 0.2) is 12.2 Å². The van der Waals surface area contributed by atoms with Crippen molar-refractivity contribution in [2.24, 2.45) is 0 Å². The largest absolute Gasteiger partial charge is 0.374 e. The number of nitrogens with zero attached hydrogens (tertiary/aromatic N) is 1. The topological polar surface area (TPSA) is 38.8 Å². The molecule has 0 aromatic rings. The molecular weight excluding hydrogens is 170 g/mol. The molecule has 4 heteroatoms. The van der Waals surface area contributed by atoms with Gasteiger partial charge in [0, 0.05) is 19.7 Å². The highest BCUT2D eigenvalue weighted by Crippen LogP contribution is 2.12. The van der Waals surface area contributed by atoms with Crippen molar-refractivity contribution in [2.45, 2.75) is 18.9 Å². The van der Waals surface area contributed by atoms with Gasteiger partial charge in [0.2, 0.25) is 0 Å². The summed E-state index contributed by atoms with van der Waals surface area (Å²) >= 11 is 0.